The zero-order chi connectivity index (χ0) is 14.3. The average Bonchev–Trinajstić information content (AvgIpc) is 3.18. The van der Waals surface area contributed by atoms with Crippen molar-refractivity contribution in [3.05, 3.63) is 35.4 Å². The largest absolute Gasteiger partial charge is 0.337 e. The number of hydrogen-bond acceptors (Lipinski definition) is 2. The van der Waals surface area contributed by atoms with Crippen molar-refractivity contribution in [2.24, 2.45) is 5.92 Å². The Morgan fingerprint density at radius 1 is 1.35 bits per heavy atom. The number of amides is 1. The highest BCUT2D eigenvalue weighted by Crippen LogP contribution is 2.50. The maximum absolute atomic E-state index is 13.7. The highest BCUT2D eigenvalue weighted by molar-refractivity contribution is 5.83. The molecular formula is C15H18F2N2O. The molecule has 5 heteroatoms. The zero-order valence-corrected chi connectivity index (χ0v) is 11.4. The molecule has 1 aromatic rings. The number of halogens is 2. The standard InChI is InChI=1S/C15H18F2N2O/c1-9-8-18-5-6-19(9)15(20)11-7-10(11)14-12(16)3-2-4-13(14)17/h2-4,9-11,18H,5-8H2,1H3/t9-,10?,11?/m0/s1. The first-order valence-electron chi connectivity index (χ1n) is 7.04. The van der Waals surface area contributed by atoms with Gasteiger partial charge in [-0.15, -0.1) is 0 Å². The van der Waals surface area contributed by atoms with Gasteiger partial charge in [0.05, 0.1) is 0 Å². The number of carbonyl (C=O) groups excluding carboxylic acids is 1. The molecule has 1 heterocycles. The van der Waals surface area contributed by atoms with E-state index in [1.807, 2.05) is 11.8 Å². The van der Waals surface area contributed by atoms with Crippen molar-refractivity contribution in [2.45, 2.75) is 25.3 Å². The summed E-state index contributed by atoms with van der Waals surface area (Å²) in [5.41, 5.74) is 0.0774. The molecular weight excluding hydrogens is 262 g/mol. The van der Waals surface area contributed by atoms with Gasteiger partial charge in [0, 0.05) is 43.1 Å². The fourth-order valence-electron chi connectivity index (χ4n) is 3.03. The van der Waals surface area contributed by atoms with E-state index in [-0.39, 0.29) is 29.3 Å². The number of hydrogen-bond donors (Lipinski definition) is 1. The fourth-order valence-corrected chi connectivity index (χ4v) is 3.03. The second-order valence-electron chi connectivity index (χ2n) is 5.67. The molecule has 1 aliphatic heterocycles. The molecule has 0 aromatic heterocycles. The van der Waals surface area contributed by atoms with Gasteiger partial charge in [-0.25, -0.2) is 8.78 Å². The SMILES string of the molecule is C[C@H]1CNCCN1C(=O)C1CC1c1c(F)cccc1F. The number of nitrogens with one attached hydrogen (secondary N) is 1. The number of carbonyl (C=O) groups is 1. The van der Waals surface area contributed by atoms with Crippen LogP contribution in [-0.2, 0) is 4.79 Å². The summed E-state index contributed by atoms with van der Waals surface area (Å²) < 4.78 is 27.4. The van der Waals surface area contributed by atoms with Crippen molar-refractivity contribution in [1.82, 2.24) is 10.2 Å². The van der Waals surface area contributed by atoms with Crippen molar-refractivity contribution in [1.29, 1.82) is 0 Å². The molecule has 2 unspecified atom stereocenters. The van der Waals surface area contributed by atoms with Crippen LogP contribution in [0.25, 0.3) is 0 Å². The van der Waals surface area contributed by atoms with Crippen LogP contribution < -0.4 is 5.32 Å². The quantitative estimate of drug-likeness (QED) is 0.897. The summed E-state index contributed by atoms with van der Waals surface area (Å²) >= 11 is 0. The Morgan fingerprint density at radius 3 is 2.70 bits per heavy atom. The lowest BCUT2D eigenvalue weighted by molar-refractivity contribution is -0.135. The summed E-state index contributed by atoms with van der Waals surface area (Å²) in [5, 5.41) is 3.23. The Balaban J connectivity index is 1.74. The smallest absolute Gasteiger partial charge is 0.226 e. The predicted molar refractivity (Wildman–Crippen MR) is 71.3 cm³/mol. The van der Waals surface area contributed by atoms with Crippen LogP contribution in [0.5, 0.6) is 0 Å². The Labute approximate surface area is 117 Å². The molecule has 0 spiro atoms. The lowest BCUT2D eigenvalue weighted by Gasteiger charge is -2.34. The third-order valence-electron chi connectivity index (χ3n) is 4.26. The van der Waals surface area contributed by atoms with Crippen molar-refractivity contribution in [2.75, 3.05) is 19.6 Å². The molecule has 2 aliphatic rings. The molecule has 1 saturated carbocycles. The molecule has 1 amide bonds. The second kappa shape index (κ2) is 5.13. The van der Waals surface area contributed by atoms with E-state index in [2.05, 4.69) is 5.32 Å². The van der Waals surface area contributed by atoms with Crippen molar-refractivity contribution < 1.29 is 13.6 Å². The van der Waals surface area contributed by atoms with Crippen molar-refractivity contribution >= 4 is 5.91 Å². The third-order valence-corrected chi connectivity index (χ3v) is 4.26. The maximum Gasteiger partial charge on any atom is 0.226 e. The first kappa shape index (κ1) is 13.5. The lowest BCUT2D eigenvalue weighted by atomic mass is 10.1. The molecule has 2 fully saturated rings. The molecule has 0 radical (unpaired) electrons. The van der Waals surface area contributed by atoms with Crippen molar-refractivity contribution in [3.63, 3.8) is 0 Å². The van der Waals surface area contributed by atoms with Crippen LogP contribution in [0.3, 0.4) is 0 Å². The van der Waals surface area contributed by atoms with Gasteiger partial charge >= 0.3 is 0 Å². The van der Waals surface area contributed by atoms with Crippen LogP contribution in [0.4, 0.5) is 8.78 Å². The summed E-state index contributed by atoms with van der Waals surface area (Å²) in [7, 11) is 0. The molecule has 1 aliphatic carbocycles. The molecule has 108 valence electrons. The number of benzene rings is 1. The Hall–Kier alpha value is -1.49. The summed E-state index contributed by atoms with van der Waals surface area (Å²) in [6.45, 7) is 4.22. The van der Waals surface area contributed by atoms with E-state index in [0.717, 1.165) is 13.1 Å². The number of rotatable bonds is 2. The minimum absolute atomic E-state index is 0.0339. The zero-order valence-electron chi connectivity index (χ0n) is 11.4. The normalized spacial score (nSPS) is 29.4. The van der Waals surface area contributed by atoms with Crippen LogP contribution in [0.15, 0.2) is 18.2 Å². The van der Waals surface area contributed by atoms with Crippen LogP contribution in [0.1, 0.15) is 24.8 Å². The van der Waals surface area contributed by atoms with Gasteiger partial charge in [-0.1, -0.05) is 6.07 Å². The summed E-state index contributed by atoms with van der Waals surface area (Å²) in [6, 6.07) is 4.01. The molecule has 0 bridgehead atoms. The number of nitrogens with zero attached hydrogens (tertiary/aromatic N) is 1. The average molecular weight is 280 g/mol. The van der Waals surface area contributed by atoms with Gasteiger partial charge in [-0.3, -0.25) is 4.79 Å². The minimum atomic E-state index is -0.543. The molecule has 1 aromatic carbocycles. The number of piperazine rings is 1. The van der Waals surface area contributed by atoms with Crippen molar-refractivity contribution in [3.8, 4) is 0 Å². The Bertz CT molecular complexity index is 514. The summed E-state index contributed by atoms with van der Waals surface area (Å²) in [4.78, 5) is 14.3. The molecule has 20 heavy (non-hydrogen) atoms. The van der Waals surface area contributed by atoms with Gasteiger partial charge in [0.2, 0.25) is 5.91 Å². The molecule has 3 nitrogen and oxygen atoms in total. The van der Waals surface area contributed by atoms with E-state index >= 15 is 0 Å². The third kappa shape index (κ3) is 2.30. The van der Waals surface area contributed by atoms with E-state index in [0.29, 0.717) is 13.0 Å². The maximum atomic E-state index is 13.7. The molecule has 3 atom stereocenters. The van der Waals surface area contributed by atoms with Gasteiger partial charge in [0.15, 0.2) is 0 Å². The van der Waals surface area contributed by atoms with Crippen LogP contribution in [0.2, 0.25) is 0 Å². The highest BCUT2D eigenvalue weighted by Gasteiger charge is 2.48. The Kier molecular flexibility index (Phi) is 3.46. The lowest BCUT2D eigenvalue weighted by Crippen LogP contribution is -2.52. The summed E-state index contributed by atoms with van der Waals surface area (Å²) in [5.74, 6) is -1.61. The van der Waals surface area contributed by atoms with Gasteiger partial charge in [0.25, 0.3) is 0 Å². The van der Waals surface area contributed by atoms with Gasteiger partial charge in [0.1, 0.15) is 11.6 Å². The molecule has 1 saturated heterocycles. The molecule has 1 N–H and O–H groups in total. The predicted octanol–water partition coefficient (Wildman–Crippen LogP) is 1.89. The van der Waals surface area contributed by atoms with Gasteiger partial charge in [-0.2, -0.15) is 0 Å². The van der Waals surface area contributed by atoms with E-state index in [4.69, 9.17) is 0 Å². The minimum Gasteiger partial charge on any atom is -0.337 e. The molecule has 3 rings (SSSR count). The topological polar surface area (TPSA) is 32.3 Å². The van der Waals surface area contributed by atoms with Crippen LogP contribution in [-0.4, -0.2) is 36.5 Å². The summed E-state index contributed by atoms with van der Waals surface area (Å²) in [6.07, 6.45) is 0.549. The van der Waals surface area contributed by atoms with E-state index in [9.17, 15) is 13.6 Å². The van der Waals surface area contributed by atoms with E-state index in [1.54, 1.807) is 0 Å². The van der Waals surface area contributed by atoms with Crippen LogP contribution >= 0.6 is 0 Å². The van der Waals surface area contributed by atoms with Gasteiger partial charge < -0.3 is 10.2 Å². The van der Waals surface area contributed by atoms with Gasteiger partial charge in [-0.05, 0) is 25.5 Å². The fraction of sp³-hybridized carbons (Fsp3) is 0.533. The van der Waals surface area contributed by atoms with E-state index in [1.165, 1.54) is 18.2 Å². The monoisotopic (exact) mass is 280 g/mol. The first-order valence-corrected chi connectivity index (χ1v) is 7.04. The second-order valence-corrected chi connectivity index (χ2v) is 5.67. The van der Waals surface area contributed by atoms with Crippen LogP contribution in [0, 0.1) is 17.6 Å². The first-order chi connectivity index (χ1) is 9.59. The highest BCUT2D eigenvalue weighted by atomic mass is 19.1. The Morgan fingerprint density at radius 2 is 2.05 bits per heavy atom. The van der Waals surface area contributed by atoms with E-state index < -0.39 is 11.6 Å².